The lowest BCUT2D eigenvalue weighted by Crippen LogP contribution is -2.34. The minimum Gasteiger partial charge on any atom is -0.338 e. The van der Waals surface area contributed by atoms with Crippen molar-refractivity contribution < 1.29 is 4.52 Å². The molecule has 1 aromatic rings. The molecule has 0 bridgehead atoms. The van der Waals surface area contributed by atoms with E-state index < -0.39 is 0 Å². The maximum Gasteiger partial charge on any atom is 0.240 e. The first-order chi connectivity index (χ1) is 7.28. The molecule has 1 atom stereocenters. The van der Waals surface area contributed by atoms with Gasteiger partial charge in [0.1, 0.15) is 0 Å². The summed E-state index contributed by atoms with van der Waals surface area (Å²) in [7, 11) is 0. The quantitative estimate of drug-likeness (QED) is 0.763. The van der Waals surface area contributed by atoms with Gasteiger partial charge in [-0.15, -0.1) is 0 Å². The third kappa shape index (κ3) is 2.78. The van der Waals surface area contributed by atoms with Gasteiger partial charge in [-0.3, -0.25) is 4.90 Å². The second-order valence-electron chi connectivity index (χ2n) is 4.39. The van der Waals surface area contributed by atoms with Gasteiger partial charge < -0.3 is 4.52 Å². The zero-order chi connectivity index (χ0) is 10.7. The zero-order valence-electron chi connectivity index (χ0n) is 9.57. The van der Waals surface area contributed by atoms with Crippen molar-refractivity contribution in [3.63, 3.8) is 0 Å². The maximum atomic E-state index is 5.13. The first-order valence-corrected chi connectivity index (χ1v) is 5.79. The molecule has 0 aliphatic carbocycles. The fraction of sp³-hybridized carbons (Fsp3) is 0.818. The predicted octanol–water partition coefficient (Wildman–Crippen LogP) is 2.00. The third-order valence-corrected chi connectivity index (χ3v) is 3.11. The first-order valence-electron chi connectivity index (χ1n) is 5.79. The Bertz CT molecular complexity index is 311. The van der Waals surface area contributed by atoms with Crippen LogP contribution in [-0.2, 0) is 6.54 Å². The van der Waals surface area contributed by atoms with E-state index in [0.29, 0.717) is 0 Å². The SMILES string of the molecule is CCC1CCCN(Cc2nc(C)no2)C1. The summed E-state index contributed by atoms with van der Waals surface area (Å²) >= 11 is 0. The molecule has 0 N–H and O–H groups in total. The molecule has 0 saturated carbocycles. The topological polar surface area (TPSA) is 42.2 Å². The summed E-state index contributed by atoms with van der Waals surface area (Å²) in [6.45, 7) is 7.29. The van der Waals surface area contributed by atoms with Crippen molar-refractivity contribution in [2.75, 3.05) is 13.1 Å². The van der Waals surface area contributed by atoms with Gasteiger partial charge in [0.05, 0.1) is 6.54 Å². The fourth-order valence-electron chi connectivity index (χ4n) is 2.22. The second-order valence-corrected chi connectivity index (χ2v) is 4.39. The van der Waals surface area contributed by atoms with Crippen LogP contribution in [0.3, 0.4) is 0 Å². The van der Waals surface area contributed by atoms with E-state index in [2.05, 4.69) is 22.0 Å². The van der Waals surface area contributed by atoms with Crippen molar-refractivity contribution in [1.82, 2.24) is 15.0 Å². The summed E-state index contributed by atoms with van der Waals surface area (Å²) in [5.74, 6) is 2.33. The summed E-state index contributed by atoms with van der Waals surface area (Å²) in [5.41, 5.74) is 0. The fourth-order valence-corrected chi connectivity index (χ4v) is 2.22. The largest absolute Gasteiger partial charge is 0.338 e. The van der Waals surface area contributed by atoms with Gasteiger partial charge in [-0.05, 0) is 32.2 Å². The van der Waals surface area contributed by atoms with Crippen molar-refractivity contribution in [2.45, 2.75) is 39.7 Å². The molecule has 0 radical (unpaired) electrons. The predicted molar refractivity (Wildman–Crippen MR) is 57.3 cm³/mol. The molecule has 1 unspecified atom stereocenters. The summed E-state index contributed by atoms with van der Waals surface area (Å²) < 4.78 is 5.13. The summed E-state index contributed by atoms with van der Waals surface area (Å²) in [6, 6.07) is 0. The standard InChI is InChI=1S/C11H19N3O/c1-3-10-5-4-6-14(7-10)8-11-12-9(2)13-15-11/h10H,3-8H2,1-2H3. The molecule has 1 saturated heterocycles. The third-order valence-electron chi connectivity index (χ3n) is 3.11. The molecule has 2 rings (SSSR count). The lowest BCUT2D eigenvalue weighted by Gasteiger charge is -2.30. The van der Waals surface area contributed by atoms with Gasteiger partial charge in [0.2, 0.25) is 5.89 Å². The highest BCUT2D eigenvalue weighted by atomic mass is 16.5. The van der Waals surface area contributed by atoms with E-state index in [1.807, 2.05) is 6.92 Å². The zero-order valence-corrected chi connectivity index (χ0v) is 9.57. The smallest absolute Gasteiger partial charge is 0.240 e. The van der Waals surface area contributed by atoms with E-state index in [9.17, 15) is 0 Å². The van der Waals surface area contributed by atoms with Crippen LogP contribution in [-0.4, -0.2) is 28.1 Å². The van der Waals surface area contributed by atoms with Gasteiger partial charge in [0.25, 0.3) is 0 Å². The van der Waals surface area contributed by atoms with E-state index in [4.69, 9.17) is 4.52 Å². The van der Waals surface area contributed by atoms with Crippen LogP contribution in [0.25, 0.3) is 0 Å². The van der Waals surface area contributed by atoms with Crippen LogP contribution >= 0.6 is 0 Å². The molecule has 1 aliphatic rings. The molecular weight excluding hydrogens is 190 g/mol. The van der Waals surface area contributed by atoms with E-state index >= 15 is 0 Å². The van der Waals surface area contributed by atoms with Crippen molar-refractivity contribution in [1.29, 1.82) is 0 Å². The Balaban J connectivity index is 1.88. The minimum absolute atomic E-state index is 0.731. The van der Waals surface area contributed by atoms with E-state index in [1.165, 1.54) is 25.8 Å². The monoisotopic (exact) mass is 209 g/mol. The molecule has 1 aliphatic heterocycles. The lowest BCUT2D eigenvalue weighted by molar-refractivity contribution is 0.148. The molecule has 1 aromatic heterocycles. The number of likely N-dealkylation sites (tertiary alicyclic amines) is 1. The van der Waals surface area contributed by atoms with Gasteiger partial charge in [-0.25, -0.2) is 0 Å². The normalized spacial score (nSPS) is 23.2. The van der Waals surface area contributed by atoms with Crippen molar-refractivity contribution in [2.24, 2.45) is 5.92 Å². The lowest BCUT2D eigenvalue weighted by atomic mass is 9.96. The van der Waals surface area contributed by atoms with Crippen molar-refractivity contribution >= 4 is 0 Å². The average Bonchev–Trinajstić information content (AvgIpc) is 2.64. The summed E-state index contributed by atoms with van der Waals surface area (Å²) in [5, 5.41) is 3.81. The Hall–Kier alpha value is -0.900. The highest BCUT2D eigenvalue weighted by Crippen LogP contribution is 2.20. The summed E-state index contributed by atoms with van der Waals surface area (Å²) in [4.78, 5) is 6.66. The number of aryl methyl sites for hydroxylation is 1. The van der Waals surface area contributed by atoms with Crippen LogP contribution in [0, 0.1) is 12.8 Å². The molecular formula is C11H19N3O. The molecule has 15 heavy (non-hydrogen) atoms. The number of aromatic nitrogens is 2. The van der Waals surface area contributed by atoms with Crippen molar-refractivity contribution in [3.8, 4) is 0 Å². The van der Waals surface area contributed by atoms with Gasteiger partial charge in [0, 0.05) is 6.54 Å². The number of hydrogen-bond donors (Lipinski definition) is 0. The highest BCUT2D eigenvalue weighted by Gasteiger charge is 2.19. The van der Waals surface area contributed by atoms with E-state index in [1.54, 1.807) is 0 Å². The van der Waals surface area contributed by atoms with Gasteiger partial charge in [0.15, 0.2) is 5.82 Å². The van der Waals surface area contributed by atoms with Crippen LogP contribution in [0.2, 0.25) is 0 Å². The molecule has 2 heterocycles. The molecule has 0 aromatic carbocycles. The molecule has 0 spiro atoms. The van der Waals surface area contributed by atoms with Crippen molar-refractivity contribution in [3.05, 3.63) is 11.7 Å². The van der Waals surface area contributed by atoms with Crippen LogP contribution in [0.1, 0.15) is 37.9 Å². The Morgan fingerprint density at radius 1 is 1.53 bits per heavy atom. The van der Waals surface area contributed by atoms with Crippen LogP contribution in [0.4, 0.5) is 0 Å². The summed E-state index contributed by atoms with van der Waals surface area (Å²) in [6.07, 6.45) is 3.95. The van der Waals surface area contributed by atoms with E-state index in [-0.39, 0.29) is 0 Å². The number of hydrogen-bond acceptors (Lipinski definition) is 4. The minimum atomic E-state index is 0.731. The number of piperidine rings is 1. The van der Waals surface area contributed by atoms with Crippen LogP contribution < -0.4 is 0 Å². The van der Waals surface area contributed by atoms with Gasteiger partial charge >= 0.3 is 0 Å². The van der Waals surface area contributed by atoms with Gasteiger partial charge in [-0.2, -0.15) is 4.98 Å². The van der Waals surface area contributed by atoms with Crippen LogP contribution in [0.15, 0.2) is 4.52 Å². The Morgan fingerprint density at radius 2 is 2.40 bits per heavy atom. The molecule has 4 heteroatoms. The Labute approximate surface area is 90.7 Å². The molecule has 4 nitrogen and oxygen atoms in total. The van der Waals surface area contributed by atoms with Crippen LogP contribution in [0.5, 0.6) is 0 Å². The maximum absolute atomic E-state index is 5.13. The molecule has 0 amide bonds. The number of rotatable bonds is 3. The second kappa shape index (κ2) is 4.75. The molecule has 1 fully saturated rings. The number of nitrogens with zero attached hydrogens (tertiary/aromatic N) is 3. The first kappa shape index (κ1) is 10.6. The Kier molecular flexibility index (Phi) is 3.36. The molecule has 84 valence electrons. The highest BCUT2D eigenvalue weighted by molar-refractivity contribution is 4.84. The van der Waals surface area contributed by atoms with Gasteiger partial charge in [-0.1, -0.05) is 18.5 Å². The average molecular weight is 209 g/mol. The van der Waals surface area contributed by atoms with E-state index in [0.717, 1.165) is 30.7 Å². The Morgan fingerprint density at radius 3 is 3.07 bits per heavy atom.